The molecule has 4 atom stereocenters. The first kappa shape index (κ1) is 21.0. The van der Waals surface area contributed by atoms with Crippen molar-refractivity contribution in [1.29, 1.82) is 0 Å². The molecule has 1 fully saturated rings. The number of nitrogens with zero attached hydrogens (tertiary/aromatic N) is 3. The number of aliphatic hydroxyl groups excluding tert-OH is 2. The van der Waals surface area contributed by atoms with Gasteiger partial charge in [-0.3, -0.25) is 13.9 Å². The second-order valence-electron chi connectivity index (χ2n) is 5.92. The number of methoxy groups -OCH3 is 1. The van der Waals surface area contributed by atoms with Gasteiger partial charge in [0.05, 0.1) is 12.9 Å². The van der Waals surface area contributed by atoms with Crippen molar-refractivity contribution in [2.45, 2.75) is 31.1 Å². The van der Waals surface area contributed by atoms with Crippen LogP contribution in [0.25, 0.3) is 11.2 Å². The van der Waals surface area contributed by atoms with Gasteiger partial charge in [0.2, 0.25) is 0 Å². The van der Waals surface area contributed by atoms with Crippen LogP contribution in [0.2, 0.25) is 0 Å². The van der Waals surface area contributed by atoms with Crippen molar-refractivity contribution in [2.24, 2.45) is 0 Å². The molecular formula is C13H19N4O10P. The molecular weight excluding hydrogens is 403 g/mol. The van der Waals surface area contributed by atoms with E-state index in [-0.39, 0.29) is 30.4 Å². The first-order valence-corrected chi connectivity index (χ1v) is 9.48. The highest BCUT2D eigenvalue weighted by molar-refractivity contribution is 7.46. The third kappa shape index (κ3) is 4.46. The average Bonchev–Trinajstić information content (AvgIpc) is 3.15. The lowest BCUT2D eigenvalue weighted by Crippen LogP contribution is -2.33. The van der Waals surface area contributed by atoms with E-state index < -0.39 is 44.5 Å². The Hall–Kier alpha value is -1.74. The van der Waals surface area contributed by atoms with Crippen molar-refractivity contribution in [2.75, 3.05) is 20.5 Å². The fourth-order valence-electron chi connectivity index (χ4n) is 2.72. The summed E-state index contributed by atoms with van der Waals surface area (Å²) in [4.78, 5) is 40.4. The van der Waals surface area contributed by atoms with E-state index in [1.807, 2.05) is 0 Å². The van der Waals surface area contributed by atoms with Crippen molar-refractivity contribution >= 4 is 19.0 Å². The normalized spacial score (nSPS) is 25.6. The van der Waals surface area contributed by atoms with Crippen LogP contribution in [-0.4, -0.2) is 78.3 Å². The van der Waals surface area contributed by atoms with E-state index in [4.69, 9.17) is 24.0 Å². The van der Waals surface area contributed by atoms with E-state index in [1.54, 1.807) is 0 Å². The third-order valence-corrected chi connectivity index (χ3v) is 4.43. The molecule has 0 spiro atoms. The zero-order valence-corrected chi connectivity index (χ0v) is 15.4. The standard InChI is InChI=1S/C13H19N4O10P/c1-24-5-25-3-7-15-11-8(12(20)16-7)14-4-17(11)13-10(19)9(18)6(27-13)2-26-28(21,22)23/h4,6,9-10,13,18-19H,2-3,5H2,1H3,(H,15,16,20)(H2,21,22,23). The number of phosphoric ester groups is 1. The molecule has 0 amide bonds. The molecule has 2 aromatic heterocycles. The van der Waals surface area contributed by atoms with Gasteiger partial charge in [0.1, 0.15) is 37.5 Å². The van der Waals surface area contributed by atoms with Crippen molar-refractivity contribution in [3.8, 4) is 0 Å². The minimum Gasteiger partial charge on any atom is -0.387 e. The molecule has 0 aliphatic carbocycles. The van der Waals surface area contributed by atoms with E-state index in [1.165, 1.54) is 18.0 Å². The summed E-state index contributed by atoms with van der Waals surface area (Å²) < 4.78 is 31.7. The van der Waals surface area contributed by atoms with Gasteiger partial charge >= 0.3 is 7.82 Å². The zero-order valence-electron chi connectivity index (χ0n) is 14.5. The fraction of sp³-hybridized carbons (Fsp3) is 0.615. The zero-order chi connectivity index (χ0) is 20.5. The Bertz CT molecular complexity index is 926. The van der Waals surface area contributed by atoms with Crippen LogP contribution < -0.4 is 5.56 Å². The molecule has 15 heteroatoms. The summed E-state index contributed by atoms with van der Waals surface area (Å²) >= 11 is 0. The van der Waals surface area contributed by atoms with E-state index >= 15 is 0 Å². The first-order valence-electron chi connectivity index (χ1n) is 7.95. The van der Waals surface area contributed by atoms with Crippen LogP contribution in [0.15, 0.2) is 11.1 Å². The minimum absolute atomic E-state index is 0.0150. The molecule has 28 heavy (non-hydrogen) atoms. The summed E-state index contributed by atoms with van der Waals surface area (Å²) in [6.07, 6.45) is -4.24. The number of nitrogens with one attached hydrogen (secondary N) is 1. The SMILES string of the molecule is COCOCc1nc2c(ncn2C2OC(COP(=O)(O)O)C(O)C2O)c(=O)[nH]1. The van der Waals surface area contributed by atoms with Crippen molar-refractivity contribution in [3.63, 3.8) is 0 Å². The number of rotatable bonds is 8. The van der Waals surface area contributed by atoms with Crippen molar-refractivity contribution < 1.29 is 43.3 Å². The number of hydrogen-bond donors (Lipinski definition) is 5. The maximum Gasteiger partial charge on any atom is 0.469 e. The monoisotopic (exact) mass is 422 g/mol. The van der Waals surface area contributed by atoms with Gasteiger partial charge in [0.15, 0.2) is 17.4 Å². The molecule has 0 radical (unpaired) electrons. The molecule has 3 rings (SSSR count). The summed E-state index contributed by atoms with van der Waals surface area (Å²) in [6, 6.07) is 0. The number of ether oxygens (including phenoxy) is 3. The smallest absolute Gasteiger partial charge is 0.387 e. The van der Waals surface area contributed by atoms with E-state index in [0.717, 1.165) is 0 Å². The number of phosphoric acid groups is 1. The molecule has 5 N–H and O–H groups in total. The highest BCUT2D eigenvalue weighted by atomic mass is 31.2. The third-order valence-electron chi connectivity index (χ3n) is 3.94. The second-order valence-corrected chi connectivity index (χ2v) is 7.16. The van der Waals surface area contributed by atoms with Crippen LogP contribution >= 0.6 is 7.82 Å². The predicted molar refractivity (Wildman–Crippen MR) is 88.7 cm³/mol. The van der Waals surface area contributed by atoms with Gasteiger partial charge in [-0.25, -0.2) is 14.5 Å². The van der Waals surface area contributed by atoms with Gasteiger partial charge < -0.3 is 39.2 Å². The maximum absolute atomic E-state index is 12.2. The van der Waals surface area contributed by atoms with E-state index in [9.17, 15) is 19.6 Å². The van der Waals surface area contributed by atoms with Crippen LogP contribution in [-0.2, 0) is 29.9 Å². The molecule has 14 nitrogen and oxygen atoms in total. The summed E-state index contributed by atoms with van der Waals surface area (Å²) in [5, 5.41) is 20.4. The lowest BCUT2D eigenvalue weighted by atomic mass is 10.1. The number of aromatic amines is 1. The number of aromatic nitrogens is 4. The summed E-state index contributed by atoms with van der Waals surface area (Å²) in [5.74, 6) is 0.172. The van der Waals surface area contributed by atoms with E-state index in [0.29, 0.717) is 0 Å². The summed E-state index contributed by atoms with van der Waals surface area (Å²) in [6.45, 7) is -0.728. The van der Waals surface area contributed by atoms with Crippen LogP contribution in [0.3, 0.4) is 0 Å². The molecule has 3 heterocycles. The van der Waals surface area contributed by atoms with Gasteiger partial charge in [-0.2, -0.15) is 0 Å². The Labute approximate surface area is 156 Å². The lowest BCUT2D eigenvalue weighted by molar-refractivity contribution is -0.0505. The number of fused-ring (bicyclic) bond motifs is 1. The number of H-pyrrole nitrogens is 1. The summed E-state index contributed by atoms with van der Waals surface area (Å²) in [7, 11) is -3.35. The Balaban J connectivity index is 1.86. The Kier molecular flexibility index (Phi) is 6.24. The molecule has 0 saturated carbocycles. The van der Waals surface area contributed by atoms with Crippen LogP contribution in [0, 0.1) is 0 Å². The Morgan fingerprint density at radius 2 is 2.11 bits per heavy atom. The highest BCUT2D eigenvalue weighted by Gasteiger charge is 2.45. The maximum atomic E-state index is 12.2. The van der Waals surface area contributed by atoms with E-state index in [2.05, 4.69) is 19.5 Å². The Morgan fingerprint density at radius 1 is 1.36 bits per heavy atom. The number of aliphatic hydroxyl groups is 2. The Morgan fingerprint density at radius 3 is 2.79 bits per heavy atom. The van der Waals surface area contributed by atoms with Gasteiger partial charge in [-0.15, -0.1) is 0 Å². The topological polar surface area (TPSA) is 198 Å². The van der Waals surface area contributed by atoms with Gasteiger partial charge in [-0.1, -0.05) is 0 Å². The summed E-state index contributed by atoms with van der Waals surface area (Å²) in [5.41, 5.74) is -0.516. The van der Waals surface area contributed by atoms with Crippen LogP contribution in [0.5, 0.6) is 0 Å². The molecule has 2 aromatic rings. The molecule has 0 bridgehead atoms. The first-order chi connectivity index (χ1) is 13.2. The molecule has 156 valence electrons. The predicted octanol–water partition coefficient (Wildman–Crippen LogP) is -2.03. The number of imidazole rings is 1. The van der Waals surface area contributed by atoms with Gasteiger partial charge in [0.25, 0.3) is 5.56 Å². The number of hydrogen-bond acceptors (Lipinski definition) is 10. The van der Waals surface area contributed by atoms with Gasteiger partial charge in [-0.05, 0) is 0 Å². The fourth-order valence-corrected chi connectivity index (χ4v) is 3.06. The quantitative estimate of drug-likeness (QED) is 0.178. The molecule has 1 aliphatic heterocycles. The minimum atomic E-state index is -4.78. The lowest BCUT2D eigenvalue weighted by Gasteiger charge is -2.16. The molecule has 0 aromatic carbocycles. The van der Waals surface area contributed by atoms with Crippen molar-refractivity contribution in [1.82, 2.24) is 19.5 Å². The largest absolute Gasteiger partial charge is 0.469 e. The molecule has 1 aliphatic rings. The second kappa shape index (κ2) is 8.32. The van der Waals surface area contributed by atoms with Gasteiger partial charge in [0, 0.05) is 7.11 Å². The van der Waals surface area contributed by atoms with Crippen LogP contribution in [0.4, 0.5) is 0 Å². The molecule has 4 unspecified atom stereocenters. The molecule has 1 saturated heterocycles. The highest BCUT2D eigenvalue weighted by Crippen LogP contribution is 2.38. The average molecular weight is 422 g/mol. The van der Waals surface area contributed by atoms with Crippen molar-refractivity contribution in [3.05, 3.63) is 22.5 Å². The van der Waals surface area contributed by atoms with Crippen LogP contribution in [0.1, 0.15) is 12.1 Å².